The summed E-state index contributed by atoms with van der Waals surface area (Å²) in [7, 11) is 1.63. The first-order valence-electron chi connectivity index (χ1n) is 11.8. The van der Waals surface area contributed by atoms with Crippen LogP contribution in [-0.4, -0.2) is 39.1 Å². The van der Waals surface area contributed by atoms with Crippen LogP contribution >= 0.6 is 0 Å². The second kappa shape index (κ2) is 9.19. The summed E-state index contributed by atoms with van der Waals surface area (Å²) < 4.78 is 7.12. The number of fused-ring (bicyclic) bond motifs is 3. The van der Waals surface area contributed by atoms with Crippen molar-refractivity contribution in [3.8, 4) is 11.4 Å². The number of carbonyl (C=O) groups is 2. The van der Waals surface area contributed by atoms with Crippen LogP contribution in [0.25, 0.3) is 16.5 Å². The fraction of sp³-hybridized carbons (Fsp3) is 0.107. The fourth-order valence-electron chi connectivity index (χ4n) is 4.67. The Bertz CT molecular complexity index is 1640. The average Bonchev–Trinajstić information content (AvgIpc) is 3.33. The number of amides is 2. The van der Waals surface area contributed by atoms with Gasteiger partial charge < -0.3 is 10.1 Å². The van der Waals surface area contributed by atoms with Gasteiger partial charge >= 0.3 is 0 Å². The van der Waals surface area contributed by atoms with Crippen LogP contribution in [0.4, 0.5) is 17.1 Å². The molecule has 1 aromatic heterocycles. The molecule has 1 aliphatic heterocycles. The van der Waals surface area contributed by atoms with E-state index in [1.165, 1.54) is 0 Å². The van der Waals surface area contributed by atoms with E-state index in [4.69, 9.17) is 4.74 Å². The molecule has 1 N–H and O–H groups in total. The molecule has 0 spiro atoms. The average molecular weight is 491 g/mol. The Hall–Kier alpha value is -5.05. The molecule has 0 radical (unpaired) electrons. The van der Waals surface area contributed by atoms with Gasteiger partial charge in [0.1, 0.15) is 12.2 Å². The molecule has 1 aliphatic rings. The fourth-order valence-corrected chi connectivity index (χ4v) is 4.67. The summed E-state index contributed by atoms with van der Waals surface area (Å²) in [5.74, 6) is 0.770. The number of rotatable bonds is 5. The number of methoxy groups -OCH3 is 1. The van der Waals surface area contributed by atoms with Crippen molar-refractivity contribution in [2.45, 2.75) is 12.8 Å². The molecule has 6 rings (SSSR count). The number of tetrazole rings is 1. The number of carbonyl (C=O) groups excluding carboxylic acids is 2. The van der Waals surface area contributed by atoms with Gasteiger partial charge in [-0.15, -0.1) is 5.10 Å². The molecule has 0 bridgehead atoms. The lowest BCUT2D eigenvalue weighted by Gasteiger charge is -2.23. The summed E-state index contributed by atoms with van der Waals surface area (Å²) in [6.45, 7) is 0. The maximum atomic E-state index is 13.2. The van der Waals surface area contributed by atoms with Gasteiger partial charge in [-0.05, 0) is 52.2 Å². The maximum absolute atomic E-state index is 13.2. The monoisotopic (exact) mass is 490 g/mol. The molecule has 9 nitrogen and oxygen atoms in total. The third kappa shape index (κ3) is 4.06. The number of aromatic nitrogens is 4. The minimum absolute atomic E-state index is 0.249. The second-order valence-corrected chi connectivity index (χ2v) is 8.65. The molecule has 37 heavy (non-hydrogen) atoms. The highest BCUT2D eigenvalue weighted by atomic mass is 16.5. The Morgan fingerprint density at radius 3 is 2.49 bits per heavy atom. The van der Waals surface area contributed by atoms with E-state index in [0.717, 1.165) is 27.8 Å². The third-order valence-corrected chi connectivity index (χ3v) is 6.40. The van der Waals surface area contributed by atoms with E-state index in [9.17, 15) is 9.59 Å². The van der Waals surface area contributed by atoms with Gasteiger partial charge in [-0.1, -0.05) is 48.5 Å². The molecule has 9 heteroatoms. The predicted octanol–water partition coefficient (Wildman–Crippen LogP) is 4.42. The number of benzene rings is 4. The number of hydrogen-bond acceptors (Lipinski definition) is 6. The predicted molar refractivity (Wildman–Crippen MR) is 139 cm³/mol. The number of ether oxygens (including phenoxy) is 1. The van der Waals surface area contributed by atoms with E-state index in [-0.39, 0.29) is 18.2 Å². The molecular formula is C28H22N6O3. The Balaban J connectivity index is 1.37. The summed E-state index contributed by atoms with van der Waals surface area (Å²) in [5.41, 5.74) is 3.60. The Morgan fingerprint density at radius 1 is 0.892 bits per heavy atom. The van der Waals surface area contributed by atoms with E-state index < -0.39 is 0 Å². The molecule has 2 amide bonds. The normalized spacial score (nSPS) is 13.3. The van der Waals surface area contributed by atoms with Crippen molar-refractivity contribution in [1.29, 1.82) is 0 Å². The van der Waals surface area contributed by atoms with Crippen molar-refractivity contribution in [1.82, 2.24) is 20.2 Å². The third-order valence-electron chi connectivity index (χ3n) is 6.40. The number of nitrogens with one attached hydrogen (secondary N) is 1. The Morgan fingerprint density at radius 2 is 1.65 bits per heavy atom. The van der Waals surface area contributed by atoms with Gasteiger partial charge in [0.05, 0.1) is 24.2 Å². The van der Waals surface area contributed by atoms with Crippen LogP contribution in [0.15, 0.2) is 84.9 Å². The van der Waals surface area contributed by atoms with Crippen molar-refractivity contribution in [3.63, 3.8) is 0 Å². The quantitative estimate of drug-likeness (QED) is 0.366. The number of hydrogen-bond donors (Lipinski definition) is 1. The second-order valence-electron chi connectivity index (χ2n) is 8.65. The minimum Gasteiger partial charge on any atom is -0.496 e. The van der Waals surface area contributed by atoms with Crippen LogP contribution in [0.1, 0.15) is 17.8 Å². The molecule has 0 atom stereocenters. The van der Waals surface area contributed by atoms with Gasteiger partial charge in [0.25, 0.3) is 0 Å². The first kappa shape index (κ1) is 22.4. The molecule has 0 saturated heterocycles. The zero-order valence-corrected chi connectivity index (χ0v) is 20.0. The van der Waals surface area contributed by atoms with Gasteiger partial charge in [0.2, 0.25) is 11.8 Å². The molecule has 0 unspecified atom stereocenters. The van der Waals surface area contributed by atoms with E-state index in [2.05, 4.69) is 20.8 Å². The van der Waals surface area contributed by atoms with Crippen molar-refractivity contribution < 1.29 is 14.3 Å². The smallest absolute Gasteiger partial charge is 0.241 e. The number of nitrogens with zero attached hydrogens (tertiary/aromatic N) is 5. The zero-order chi connectivity index (χ0) is 25.4. The van der Waals surface area contributed by atoms with Gasteiger partial charge in [0, 0.05) is 23.1 Å². The van der Waals surface area contributed by atoms with E-state index in [1.807, 2.05) is 84.9 Å². The van der Waals surface area contributed by atoms with Crippen LogP contribution in [0.5, 0.6) is 5.75 Å². The standard InChI is InChI=1S/C28H22N6O3/c1-37-24-9-5-3-7-19(24)16-25-30-31-32-34(25)21-13-11-20(12-14-21)33-23-15-10-18-6-2-4-8-22(18)28(23)29-26(35)17-27(33)36/h2-15H,16-17H2,1H3,(H,29,35). The van der Waals surface area contributed by atoms with Crippen LogP contribution < -0.4 is 15.0 Å². The molecule has 5 aromatic rings. The number of anilines is 3. The van der Waals surface area contributed by atoms with Crippen molar-refractivity contribution in [3.05, 3.63) is 96.3 Å². The summed E-state index contributed by atoms with van der Waals surface area (Å²) in [5, 5.41) is 17.0. The SMILES string of the molecule is COc1ccccc1Cc1nnnn1-c1ccc(N2C(=O)CC(=O)Nc3c2ccc2ccccc32)cc1. The molecule has 2 heterocycles. The van der Waals surface area contributed by atoms with Crippen LogP contribution in [-0.2, 0) is 16.0 Å². The molecule has 182 valence electrons. The van der Waals surface area contributed by atoms with Crippen molar-refractivity contribution >= 4 is 39.6 Å². The zero-order valence-electron chi connectivity index (χ0n) is 20.0. The van der Waals surface area contributed by atoms with Gasteiger partial charge in [-0.3, -0.25) is 14.5 Å². The lowest BCUT2D eigenvalue weighted by atomic mass is 10.1. The van der Waals surface area contributed by atoms with Gasteiger partial charge in [-0.25, -0.2) is 0 Å². The molecular weight excluding hydrogens is 468 g/mol. The topological polar surface area (TPSA) is 102 Å². The molecule has 0 aliphatic carbocycles. The largest absolute Gasteiger partial charge is 0.496 e. The van der Waals surface area contributed by atoms with E-state index >= 15 is 0 Å². The first-order chi connectivity index (χ1) is 18.1. The first-order valence-corrected chi connectivity index (χ1v) is 11.8. The summed E-state index contributed by atoms with van der Waals surface area (Å²) in [6, 6.07) is 26.7. The summed E-state index contributed by atoms with van der Waals surface area (Å²) in [4.78, 5) is 27.3. The van der Waals surface area contributed by atoms with Gasteiger partial charge in [0.15, 0.2) is 5.82 Å². The van der Waals surface area contributed by atoms with Crippen molar-refractivity contribution in [2.24, 2.45) is 0 Å². The molecule has 0 saturated carbocycles. The number of para-hydroxylation sites is 1. The van der Waals surface area contributed by atoms with Crippen molar-refractivity contribution in [2.75, 3.05) is 17.3 Å². The minimum atomic E-state index is -0.337. The lowest BCUT2D eigenvalue weighted by Crippen LogP contribution is -2.26. The van der Waals surface area contributed by atoms with E-state index in [0.29, 0.717) is 29.3 Å². The van der Waals surface area contributed by atoms with Crippen LogP contribution in [0, 0.1) is 0 Å². The summed E-state index contributed by atoms with van der Waals surface area (Å²) >= 11 is 0. The van der Waals surface area contributed by atoms with E-state index in [1.54, 1.807) is 16.7 Å². The highest BCUT2D eigenvalue weighted by Crippen LogP contribution is 2.40. The van der Waals surface area contributed by atoms with Crippen LogP contribution in [0.3, 0.4) is 0 Å². The Labute approximate surface area is 212 Å². The lowest BCUT2D eigenvalue weighted by molar-refractivity contribution is -0.124. The highest BCUT2D eigenvalue weighted by Gasteiger charge is 2.28. The summed E-state index contributed by atoms with van der Waals surface area (Å²) in [6.07, 6.45) is 0.235. The van der Waals surface area contributed by atoms with Gasteiger partial charge in [-0.2, -0.15) is 4.68 Å². The van der Waals surface area contributed by atoms with Crippen LogP contribution in [0.2, 0.25) is 0 Å². The highest BCUT2D eigenvalue weighted by molar-refractivity contribution is 6.21. The Kier molecular flexibility index (Phi) is 5.57. The molecule has 0 fully saturated rings. The maximum Gasteiger partial charge on any atom is 0.241 e. The molecule has 4 aromatic carbocycles.